The molecule has 2 aromatic heterocycles. The molecule has 134 valence electrons. The van der Waals surface area contributed by atoms with E-state index in [1.54, 1.807) is 42.5 Å². The number of aromatic nitrogens is 3. The highest BCUT2D eigenvalue weighted by atomic mass is 19.1. The fraction of sp³-hybridized carbons (Fsp3) is 0.0500. The van der Waals surface area contributed by atoms with Crippen LogP contribution in [0.3, 0.4) is 0 Å². The summed E-state index contributed by atoms with van der Waals surface area (Å²) < 4.78 is 19.4. The van der Waals surface area contributed by atoms with Gasteiger partial charge in [-0.2, -0.15) is 5.10 Å². The Morgan fingerprint density at radius 3 is 2.52 bits per heavy atom. The molecule has 27 heavy (non-hydrogen) atoms. The maximum Gasteiger partial charge on any atom is 0.356 e. The first-order valence-corrected chi connectivity index (χ1v) is 8.10. The van der Waals surface area contributed by atoms with E-state index in [1.807, 2.05) is 0 Å². The molecule has 0 aliphatic carbocycles. The molecule has 0 fully saturated rings. The van der Waals surface area contributed by atoms with Gasteiger partial charge in [0.25, 0.3) is 0 Å². The van der Waals surface area contributed by atoms with Gasteiger partial charge in [0.05, 0.1) is 18.5 Å². The molecule has 0 bridgehead atoms. The first kappa shape index (κ1) is 16.7. The van der Waals surface area contributed by atoms with Gasteiger partial charge in [0.15, 0.2) is 11.3 Å². The third kappa shape index (κ3) is 2.99. The van der Waals surface area contributed by atoms with Crippen molar-refractivity contribution in [3.8, 4) is 28.3 Å². The fourth-order valence-corrected chi connectivity index (χ4v) is 2.81. The standard InChI is InChI=1S/C20H14FN3O3/c1-27-20(26)17-10-16(14-4-2-3-5-18(14)25)22-19-11-15(23-24(17)19)12-6-8-13(21)9-7-12/h2-11,25H,1H3. The minimum atomic E-state index is -0.590. The summed E-state index contributed by atoms with van der Waals surface area (Å²) in [4.78, 5) is 16.8. The Hall–Kier alpha value is -3.74. The van der Waals surface area contributed by atoms with Gasteiger partial charge in [0.2, 0.25) is 0 Å². The van der Waals surface area contributed by atoms with Crippen molar-refractivity contribution in [2.24, 2.45) is 0 Å². The van der Waals surface area contributed by atoms with E-state index >= 15 is 0 Å². The number of rotatable bonds is 3. The number of fused-ring (bicyclic) bond motifs is 1. The monoisotopic (exact) mass is 363 g/mol. The first-order chi connectivity index (χ1) is 13.1. The molecule has 4 rings (SSSR count). The predicted octanol–water partition coefficient (Wildman–Crippen LogP) is 3.69. The zero-order valence-corrected chi connectivity index (χ0v) is 14.3. The number of hydrogen-bond donors (Lipinski definition) is 1. The molecular weight excluding hydrogens is 349 g/mol. The number of para-hydroxylation sites is 1. The van der Waals surface area contributed by atoms with Crippen LogP contribution in [0.2, 0.25) is 0 Å². The summed E-state index contributed by atoms with van der Waals surface area (Å²) in [7, 11) is 1.28. The lowest BCUT2D eigenvalue weighted by Gasteiger charge is -2.07. The van der Waals surface area contributed by atoms with E-state index < -0.39 is 5.97 Å². The van der Waals surface area contributed by atoms with E-state index in [0.29, 0.717) is 28.2 Å². The Bertz CT molecular complexity index is 1150. The maximum atomic E-state index is 13.2. The Morgan fingerprint density at radius 2 is 1.81 bits per heavy atom. The molecule has 6 nitrogen and oxygen atoms in total. The molecule has 0 spiro atoms. The van der Waals surface area contributed by atoms with Crippen molar-refractivity contribution in [1.29, 1.82) is 0 Å². The number of esters is 1. The zero-order chi connectivity index (χ0) is 19.0. The third-order valence-corrected chi connectivity index (χ3v) is 4.14. The van der Waals surface area contributed by atoms with E-state index in [2.05, 4.69) is 10.1 Å². The van der Waals surface area contributed by atoms with Gasteiger partial charge in [-0.25, -0.2) is 18.7 Å². The summed E-state index contributed by atoms with van der Waals surface area (Å²) in [6.45, 7) is 0. The highest BCUT2D eigenvalue weighted by molar-refractivity contribution is 5.90. The molecule has 0 saturated carbocycles. The molecule has 0 aliphatic rings. The molecule has 2 aromatic carbocycles. The molecule has 0 aliphatic heterocycles. The predicted molar refractivity (Wildman–Crippen MR) is 96.8 cm³/mol. The van der Waals surface area contributed by atoms with Crippen molar-refractivity contribution < 1.29 is 19.0 Å². The van der Waals surface area contributed by atoms with Crippen molar-refractivity contribution in [1.82, 2.24) is 14.6 Å². The lowest BCUT2D eigenvalue weighted by molar-refractivity contribution is 0.0590. The molecule has 1 N–H and O–H groups in total. The van der Waals surface area contributed by atoms with Crippen molar-refractivity contribution >= 4 is 11.6 Å². The van der Waals surface area contributed by atoms with Crippen LogP contribution in [-0.2, 0) is 4.74 Å². The van der Waals surface area contributed by atoms with Crippen LogP contribution >= 0.6 is 0 Å². The van der Waals surface area contributed by atoms with Crippen LogP contribution in [0.25, 0.3) is 28.2 Å². The summed E-state index contributed by atoms with van der Waals surface area (Å²) in [6, 6.07) is 15.8. The third-order valence-electron chi connectivity index (χ3n) is 4.14. The van der Waals surface area contributed by atoms with Gasteiger partial charge in [-0.3, -0.25) is 0 Å². The lowest BCUT2D eigenvalue weighted by Crippen LogP contribution is -2.10. The molecule has 0 atom stereocenters. The SMILES string of the molecule is COC(=O)c1cc(-c2ccccc2O)nc2cc(-c3ccc(F)cc3)nn12. The van der Waals surface area contributed by atoms with Crippen LogP contribution in [0.5, 0.6) is 5.75 Å². The van der Waals surface area contributed by atoms with Crippen LogP contribution < -0.4 is 0 Å². The van der Waals surface area contributed by atoms with E-state index in [0.717, 1.165) is 0 Å². The number of aromatic hydroxyl groups is 1. The molecule has 0 saturated heterocycles. The van der Waals surface area contributed by atoms with Crippen molar-refractivity contribution in [3.63, 3.8) is 0 Å². The Labute approximate surface area is 153 Å². The lowest BCUT2D eigenvalue weighted by atomic mass is 10.1. The van der Waals surface area contributed by atoms with Crippen molar-refractivity contribution in [2.75, 3.05) is 7.11 Å². The van der Waals surface area contributed by atoms with Crippen LogP contribution in [0.1, 0.15) is 10.5 Å². The number of methoxy groups -OCH3 is 1. The summed E-state index contributed by atoms with van der Waals surface area (Å²) in [6.07, 6.45) is 0. The molecule has 7 heteroatoms. The van der Waals surface area contributed by atoms with E-state index in [-0.39, 0.29) is 17.3 Å². The van der Waals surface area contributed by atoms with E-state index in [4.69, 9.17) is 4.74 Å². The second-order valence-corrected chi connectivity index (χ2v) is 5.84. The van der Waals surface area contributed by atoms with Crippen LogP contribution in [0, 0.1) is 5.82 Å². The normalized spacial score (nSPS) is 10.9. The number of ether oxygens (including phenoxy) is 1. The molecule has 0 unspecified atom stereocenters. The number of carbonyl (C=O) groups excluding carboxylic acids is 1. The summed E-state index contributed by atoms with van der Waals surface area (Å²) in [5, 5.41) is 14.5. The zero-order valence-electron chi connectivity index (χ0n) is 14.3. The van der Waals surface area contributed by atoms with Crippen LogP contribution in [-0.4, -0.2) is 32.8 Å². The summed E-state index contributed by atoms with van der Waals surface area (Å²) in [5.41, 5.74) is 2.66. The minimum absolute atomic E-state index is 0.0449. The Kier molecular flexibility index (Phi) is 4.04. The first-order valence-electron chi connectivity index (χ1n) is 8.10. The number of carbonyl (C=O) groups is 1. The average molecular weight is 363 g/mol. The largest absolute Gasteiger partial charge is 0.507 e. The topological polar surface area (TPSA) is 76.7 Å². The van der Waals surface area contributed by atoms with Gasteiger partial charge >= 0.3 is 5.97 Å². The Morgan fingerprint density at radius 1 is 1.07 bits per heavy atom. The van der Waals surface area contributed by atoms with Crippen molar-refractivity contribution in [2.45, 2.75) is 0 Å². The number of phenolic OH excluding ortho intramolecular Hbond substituents is 1. The highest BCUT2D eigenvalue weighted by Gasteiger charge is 2.18. The van der Waals surface area contributed by atoms with Crippen LogP contribution in [0.4, 0.5) is 4.39 Å². The minimum Gasteiger partial charge on any atom is -0.507 e. The van der Waals surface area contributed by atoms with E-state index in [1.165, 1.54) is 29.8 Å². The fourth-order valence-electron chi connectivity index (χ4n) is 2.81. The molecule has 2 heterocycles. The number of halogens is 1. The summed E-state index contributed by atoms with van der Waals surface area (Å²) >= 11 is 0. The number of nitrogens with zero attached hydrogens (tertiary/aromatic N) is 3. The maximum absolute atomic E-state index is 13.2. The van der Waals surface area contributed by atoms with Gasteiger partial charge in [0, 0.05) is 17.2 Å². The number of phenols is 1. The van der Waals surface area contributed by atoms with E-state index in [9.17, 15) is 14.3 Å². The van der Waals surface area contributed by atoms with Gasteiger partial charge < -0.3 is 9.84 Å². The molecule has 0 amide bonds. The average Bonchev–Trinajstić information content (AvgIpc) is 3.11. The van der Waals surface area contributed by atoms with Gasteiger partial charge in [0.1, 0.15) is 11.6 Å². The van der Waals surface area contributed by atoms with Gasteiger partial charge in [-0.15, -0.1) is 0 Å². The van der Waals surface area contributed by atoms with Crippen molar-refractivity contribution in [3.05, 3.63) is 72.2 Å². The molecule has 4 aromatic rings. The Balaban J connectivity index is 1.94. The van der Waals surface area contributed by atoms with Gasteiger partial charge in [-0.1, -0.05) is 12.1 Å². The number of hydrogen-bond acceptors (Lipinski definition) is 5. The molecular formula is C20H14FN3O3. The second kappa shape index (κ2) is 6.53. The smallest absolute Gasteiger partial charge is 0.356 e. The summed E-state index contributed by atoms with van der Waals surface area (Å²) in [5.74, 6) is -0.894. The quantitative estimate of drug-likeness (QED) is 0.562. The highest BCUT2D eigenvalue weighted by Crippen LogP contribution is 2.29. The van der Waals surface area contributed by atoms with Gasteiger partial charge in [-0.05, 0) is 42.5 Å². The molecule has 0 radical (unpaired) electrons. The second-order valence-electron chi connectivity index (χ2n) is 5.84. The van der Waals surface area contributed by atoms with Crippen LogP contribution in [0.15, 0.2) is 60.7 Å². The number of benzene rings is 2.